The highest BCUT2D eigenvalue weighted by atomic mass is 19.1. The molecule has 11 heteroatoms. The van der Waals surface area contributed by atoms with Crippen LogP contribution in [0.5, 0.6) is 11.8 Å². The zero-order valence-corrected chi connectivity index (χ0v) is 27.1. The first-order chi connectivity index (χ1) is 23.2. The summed E-state index contributed by atoms with van der Waals surface area (Å²) in [5, 5.41) is 26.7. The van der Waals surface area contributed by atoms with E-state index in [1.165, 1.54) is 12.1 Å². The number of phenolic OH excluding ortho intramolecular Hbond substituents is 1. The molecule has 5 aliphatic rings. The van der Waals surface area contributed by atoms with Crippen LogP contribution in [0, 0.1) is 17.0 Å². The van der Waals surface area contributed by atoms with Crippen molar-refractivity contribution in [3.05, 3.63) is 59.8 Å². The molecule has 2 unspecified atom stereocenters. The minimum absolute atomic E-state index is 0.0103. The van der Waals surface area contributed by atoms with Gasteiger partial charge in [-0.15, -0.1) is 0 Å². The van der Waals surface area contributed by atoms with Crippen LogP contribution < -0.4 is 15.0 Å². The van der Waals surface area contributed by atoms with Crippen LogP contribution in [0.1, 0.15) is 51.0 Å². The molecule has 0 radical (unpaired) electrons. The highest BCUT2D eigenvalue weighted by Crippen LogP contribution is 2.50. The van der Waals surface area contributed by atoms with Crippen LogP contribution in [0.2, 0.25) is 0 Å². The fraction of sp³-hybridized carbons (Fsp3) is 0.486. The van der Waals surface area contributed by atoms with Crippen molar-refractivity contribution < 1.29 is 23.7 Å². The fourth-order valence-electron chi connectivity index (χ4n) is 8.36. The Balaban J connectivity index is 1.11. The molecular formula is C37H40F2N6O3. The molecule has 0 amide bonds. The Labute approximate surface area is 277 Å². The van der Waals surface area contributed by atoms with Gasteiger partial charge in [0.25, 0.3) is 0 Å². The summed E-state index contributed by atoms with van der Waals surface area (Å²) in [6.45, 7) is 5.32. The molecule has 2 aromatic heterocycles. The molecule has 4 fully saturated rings. The number of aromatic nitrogens is 3. The van der Waals surface area contributed by atoms with E-state index in [1.54, 1.807) is 18.3 Å². The third-order valence-corrected chi connectivity index (χ3v) is 11.3. The number of piperazine rings is 1. The van der Waals surface area contributed by atoms with Crippen molar-refractivity contribution in [2.75, 3.05) is 37.7 Å². The molecular weight excluding hydrogens is 614 g/mol. The predicted molar refractivity (Wildman–Crippen MR) is 179 cm³/mol. The van der Waals surface area contributed by atoms with Crippen LogP contribution in [0.15, 0.2) is 42.6 Å². The second-order valence-electron chi connectivity index (χ2n) is 14.7. The van der Waals surface area contributed by atoms with Gasteiger partial charge in [0.15, 0.2) is 5.82 Å². The van der Waals surface area contributed by atoms with Crippen LogP contribution in [0.25, 0.3) is 32.9 Å². The molecule has 3 aliphatic heterocycles. The Kier molecular flexibility index (Phi) is 6.94. The Morgan fingerprint density at radius 1 is 1.06 bits per heavy atom. The second-order valence-corrected chi connectivity index (χ2v) is 14.7. The first-order valence-corrected chi connectivity index (χ1v) is 17.3. The average molecular weight is 655 g/mol. The lowest BCUT2D eigenvalue weighted by atomic mass is 9.94. The monoisotopic (exact) mass is 654 g/mol. The van der Waals surface area contributed by atoms with Gasteiger partial charge in [-0.05, 0) is 79.5 Å². The third kappa shape index (κ3) is 5.09. The van der Waals surface area contributed by atoms with Crippen molar-refractivity contribution in [1.29, 1.82) is 0 Å². The molecule has 0 spiro atoms. The van der Waals surface area contributed by atoms with Crippen molar-refractivity contribution in [3.63, 3.8) is 0 Å². The van der Waals surface area contributed by atoms with Gasteiger partial charge in [-0.1, -0.05) is 25.1 Å². The lowest BCUT2D eigenvalue weighted by molar-refractivity contribution is 0.0495. The summed E-state index contributed by atoms with van der Waals surface area (Å²) in [5.41, 5.74) is 0.130. The SMILES string of the molecule is CCc1c(F)ccc2cc(O)cc(-c3ncc4c(N5CC6CCC(C5)N6)nc(OCC5(CN6CC=C[C@@H]6C6(O)CC6)CC5)nc4c3F)c12. The summed E-state index contributed by atoms with van der Waals surface area (Å²) in [5.74, 6) is -0.516. The quantitative estimate of drug-likeness (QED) is 0.209. The van der Waals surface area contributed by atoms with Crippen LogP contribution in [-0.2, 0) is 6.42 Å². The number of ether oxygens (including phenoxy) is 1. The Morgan fingerprint density at radius 2 is 1.85 bits per heavy atom. The molecule has 2 bridgehead atoms. The van der Waals surface area contributed by atoms with Gasteiger partial charge in [0, 0.05) is 55.4 Å². The molecule has 2 saturated heterocycles. The van der Waals surface area contributed by atoms with Gasteiger partial charge in [-0.2, -0.15) is 9.97 Å². The Morgan fingerprint density at radius 3 is 2.58 bits per heavy atom. The Bertz CT molecular complexity index is 1970. The van der Waals surface area contributed by atoms with Gasteiger partial charge in [0.2, 0.25) is 0 Å². The van der Waals surface area contributed by atoms with Crippen LogP contribution in [-0.4, -0.2) is 86.6 Å². The summed E-state index contributed by atoms with van der Waals surface area (Å²) in [6.07, 6.45) is 12.1. The number of pyridine rings is 1. The van der Waals surface area contributed by atoms with E-state index in [9.17, 15) is 10.2 Å². The summed E-state index contributed by atoms with van der Waals surface area (Å²) in [6, 6.07) is 6.78. The van der Waals surface area contributed by atoms with Crippen LogP contribution in [0.3, 0.4) is 0 Å². The number of fused-ring (bicyclic) bond motifs is 4. The lowest BCUT2D eigenvalue weighted by Crippen LogP contribution is -2.51. The van der Waals surface area contributed by atoms with Gasteiger partial charge >= 0.3 is 6.01 Å². The van der Waals surface area contributed by atoms with Crippen LogP contribution >= 0.6 is 0 Å². The Hall–Kier alpha value is -3.93. The highest BCUT2D eigenvalue weighted by molar-refractivity contribution is 6.01. The molecule has 250 valence electrons. The van der Waals surface area contributed by atoms with Crippen molar-refractivity contribution in [2.45, 2.75) is 75.6 Å². The van der Waals surface area contributed by atoms with E-state index in [-0.39, 0.29) is 40.2 Å². The second kappa shape index (κ2) is 11.0. The third-order valence-electron chi connectivity index (χ3n) is 11.3. The molecule has 48 heavy (non-hydrogen) atoms. The first kappa shape index (κ1) is 30.2. The van der Waals surface area contributed by atoms with E-state index in [4.69, 9.17) is 9.72 Å². The fourth-order valence-corrected chi connectivity index (χ4v) is 8.36. The number of nitrogens with zero attached hydrogens (tertiary/aromatic N) is 5. The number of hydrogen-bond acceptors (Lipinski definition) is 9. The van der Waals surface area contributed by atoms with Gasteiger partial charge < -0.3 is 25.2 Å². The standard InChI is InChI=1S/C37H40F2N6O3/c1-2-25-28(38)8-5-21-14-24(46)15-26(30(21)25)32-31(39)33-27(16-40-32)34(45-17-22-6-7-23(18-45)41-22)43-35(42-33)48-20-36(9-10-36)19-44-13-3-4-29(44)37(47)11-12-37/h3-5,8,14-16,22-23,29,41,46-47H,2,6-7,9-13,17-20H2,1H3/t22?,23?,29-/m1/s1. The van der Waals surface area contributed by atoms with E-state index in [0.717, 1.165) is 64.7 Å². The number of halogens is 2. The van der Waals surface area contributed by atoms with Crippen molar-refractivity contribution >= 4 is 27.5 Å². The molecule has 3 N–H and O–H groups in total. The number of benzene rings is 2. The van der Waals surface area contributed by atoms with Crippen molar-refractivity contribution in [3.8, 4) is 23.0 Å². The van der Waals surface area contributed by atoms with E-state index >= 15 is 8.78 Å². The number of rotatable bonds is 9. The first-order valence-electron chi connectivity index (χ1n) is 17.3. The van der Waals surface area contributed by atoms with E-state index in [0.29, 0.717) is 58.2 Å². The summed E-state index contributed by atoms with van der Waals surface area (Å²) in [4.78, 5) is 18.7. The molecule has 3 atom stereocenters. The number of hydrogen-bond donors (Lipinski definition) is 3. The maximum Gasteiger partial charge on any atom is 0.319 e. The summed E-state index contributed by atoms with van der Waals surface area (Å²) in [7, 11) is 0. The molecule has 4 aromatic rings. The molecule has 2 aromatic carbocycles. The van der Waals surface area contributed by atoms with Crippen molar-refractivity contribution in [1.82, 2.24) is 25.2 Å². The number of anilines is 1. The van der Waals surface area contributed by atoms with Gasteiger partial charge in [0.1, 0.15) is 28.6 Å². The van der Waals surface area contributed by atoms with Crippen LogP contribution in [0.4, 0.5) is 14.6 Å². The lowest BCUT2D eigenvalue weighted by Gasteiger charge is -2.34. The largest absolute Gasteiger partial charge is 0.508 e. The summed E-state index contributed by atoms with van der Waals surface area (Å²) >= 11 is 0. The zero-order valence-electron chi connectivity index (χ0n) is 27.1. The zero-order chi connectivity index (χ0) is 32.8. The van der Waals surface area contributed by atoms with Gasteiger partial charge in [-0.3, -0.25) is 9.88 Å². The highest BCUT2D eigenvalue weighted by Gasteiger charge is 2.53. The normalized spacial score (nSPS) is 25.3. The number of aliphatic hydroxyl groups is 1. The van der Waals surface area contributed by atoms with E-state index < -0.39 is 11.4 Å². The molecule has 5 heterocycles. The number of aromatic hydroxyl groups is 1. The van der Waals surface area contributed by atoms with E-state index in [1.807, 2.05) is 6.92 Å². The minimum Gasteiger partial charge on any atom is -0.508 e. The van der Waals surface area contributed by atoms with Gasteiger partial charge in [0.05, 0.1) is 23.6 Å². The number of aryl methyl sites for hydroxylation is 1. The van der Waals surface area contributed by atoms with Crippen molar-refractivity contribution in [2.24, 2.45) is 5.41 Å². The average Bonchev–Trinajstić information content (AvgIpc) is 3.93. The number of nitrogens with one attached hydrogen (secondary N) is 1. The smallest absolute Gasteiger partial charge is 0.319 e. The molecule has 2 aliphatic carbocycles. The minimum atomic E-state index is -0.665. The number of phenols is 1. The van der Waals surface area contributed by atoms with Gasteiger partial charge in [-0.25, -0.2) is 8.78 Å². The molecule has 9 rings (SSSR count). The molecule has 2 saturated carbocycles. The maximum absolute atomic E-state index is 16.9. The van der Waals surface area contributed by atoms with E-state index in [2.05, 4.69) is 37.2 Å². The maximum atomic E-state index is 16.9. The topological polar surface area (TPSA) is 107 Å². The summed E-state index contributed by atoms with van der Waals surface area (Å²) < 4.78 is 38.3. The predicted octanol–water partition coefficient (Wildman–Crippen LogP) is 5.26. The molecule has 9 nitrogen and oxygen atoms in total.